The zero-order valence-corrected chi connectivity index (χ0v) is 12.6. The first kappa shape index (κ1) is 15.3. The zero-order chi connectivity index (χ0) is 14.8. The quantitative estimate of drug-likeness (QED) is 0.897. The predicted molar refractivity (Wildman–Crippen MR) is 79.4 cm³/mol. The van der Waals surface area contributed by atoms with Crippen LogP contribution in [0.15, 0.2) is 18.2 Å². The SMILES string of the molecule is CC(C)(C(=O)Nc1cc(F)ccc1Cl)C1CCCNC1. The van der Waals surface area contributed by atoms with Gasteiger partial charge in [-0.05, 0) is 50.0 Å². The normalized spacial score (nSPS) is 19.7. The monoisotopic (exact) mass is 298 g/mol. The van der Waals surface area contributed by atoms with Gasteiger partial charge in [-0.25, -0.2) is 4.39 Å². The number of piperidine rings is 1. The molecule has 1 fully saturated rings. The van der Waals surface area contributed by atoms with Crippen molar-refractivity contribution in [3.8, 4) is 0 Å². The molecule has 1 amide bonds. The van der Waals surface area contributed by atoms with E-state index in [0.717, 1.165) is 25.9 Å². The average molecular weight is 299 g/mol. The Kier molecular flexibility index (Phi) is 4.66. The van der Waals surface area contributed by atoms with Gasteiger partial charge in [0, 0.05) is 5.41 Å². The summed E-state index contributed by atoms with van der Waals surface area (Å²) in [5.41, 5.74) is -0.197. The lowest BCUT2D eigenvalue weighted by molar-refractivity contribution is -0.127. The number of hydrogen-bond acceptors (Lipinski definition) is 2. The van der Waals surface area contributed by atoms with E-state index in [0.29, 0.717) is 10.7 Å². The van der Waals surface area contributed by atoms with Crippen LogP contribution in [0.5, 0.6) is 0 Å². The largest absolute Gasteiger partial charge is 0.324 e. The molecule has 20 heavy (non-hydrogen) atoms. The zero-order valence-electron chi connectivity index (χ0n) is 11.8. The number of amides is 1. The summed E-state index contributed by atoms with van der Waals surface area (Å²) in [5.74, 6) is -0.274. The van der Waals surface area contributed by atoms with Gasteiger partial charge in [0.15, 0.2) is 0 Å². The van der Waals surface area contributed by atoms with Crippen molar-refractivity contribution in [2.75, 3.05) is 18.4 Å². The molecule has 1 atom stereocenters. The molecule has 1 aromatic carbocycles. The van der Waals surface area contributed by atoms with Crippen molar-refractivity contribution in [1.29, 1.82) is 0 Å². The lowest BCUT2D eigenvalue weighted by atomic mass is 9.74. The van der Waals surface area contributed by atoms with Gasteiger partial charge in [-0.3, -0.25) is 4.79 Å². The highest BCUT2D eigenvalue weighted by atomic mass is 35.5. The molecule has 1 unspecified atom stereocenters. The minimum absolute atomic E-state index is 0.126. The van der Waals surface area contributed by atoms with Crippen molar-refractivity contribution in [3.63, 3.8) is 0 Å². The van der Waals surface area contributed by atoms with E-state index in [1.807, 2.05) is 13.8 Å². The summed E-state index contributed by atoms with van der Waals surface area (Å²) in [6.45, 7) is 5.68. The Morgan fingerprint density at radius 1 is 1.50 bits per heavy atom. The molecular weight excluding hydrogens is 279 g/mol. The summed E-state index contributed by atoms with van der Waals surface area (Å²) < 4.78 is 13.2. The summed E-state index contributed by atoms with van der Waals surface area (Å²) in [6, 6.07) is 3.96. The van der Waals surface area contributed by atoms with Crippen LogP contribution in [0, 0.1) is 17.2 Å². The van der Waals surface area contributed by atoms with Crippen molar-refractivity contribution in [2.24, 2.45) is 11.3 Å². The third-order valence-electron chi connectivity index (χ3n) is 4.08. The Morgan fingerprint density at radius 2 is 2.25 bits per heavy atom. The molecule has 1 aliphatic heterocycles. The van der Waals surface area contributed by atoms with Gasteiger partial charge in [0.05, 0.1) is 10.7 Å². The number of rotatable bonds is 3. The fourth-order valence-corrected chi connectivity index (χ4v) is 2.69. The lowest BCUT2D eigenvalue weighted by Gasteiger charge is -2.36. The van der Waals surface area contributed by atoms with Crippen LogP contribution in [0.25, 0.3) is 0 Å². The molecule has 1 heterocycles. The van der Waals surface area contributed by atoms with Crippen molar-refractivity contribution in [2.45, 2.75) is 26.7 Å². The summed E-state index contributed by atoms with van der Waals surface area (Å²) in [5, 5.41) is 6.41. The second kappa shape index (κ2) is 6.10. The molecule has 1 aromatic rings. The highest BCUT2D eigenvalue weighted by Gasteiger charge is 2.37. The summed E-state index contributed by atoms with van der Waals surface area (Å²) in [6.07, 6.45) is 2.09. The van der Waals surface area contributed by atoms with Crippen molar-refractivity contribution >= 4 is 23.2 Å². The van der Waals surface area contributed by atoms with Crippen LogP contribution >= 0.6 is 11.6 Å². The lowest BCUT2D eigenvalue weighted by Crippen LogP contribution is -2.44. The van der Waals surface area contributed by atoms with E-state index >= 15 is 0 Å². The van der Waals surface area contributed by atoms with E-state index in [1.54, 1.807) is 0 Å². The Bertz CT molecular complexity index is 499. The summed E-state index contributed by atoms with van der Waals surface area (Å²) in [7, 11) is 0. The first-order valence-corrected chi connectivity index (χ1v) is 7.26. The first-order chi connectivity index (χ1) is 9.41. The molecule has 0 aliphatic carbocycles. The van der Waals surface area contributed by atoms with Crippen molar-refractivity contribution < 1.29 is 9.18 Å². The first-order valence-electron chi connectivity index (χ1n) is 6.88. The van der Waals surface area contributed by atoms with Crippen molar-refractivity contribution in [1.82, 2.24) is 5.32 Å². The predicted octanol–water partition coefficient (Wildman–Crippen LogP) is 3.44. The van der Waals surface area contributed by atoms with Crippen LogP contribution in [-0.2, 0) is 4.79 Å². The van der Waals surface area contributed by atoms with Crippen LogP contribution in [0.4, 0.5) is 10.1 Å². The van der Waals surface area contributed by atoms with Gasteiger partial charge in [0.1, 0.15) is 5.82 Å². The van der Waals surface area contributed by atoms with Gasteiger partial charge in [-0.2, -0.15) is 0 Å². The van der Waals surface area contributed by atoms with Crippen LogP contribution in [-0.4, -0.2) is 19.0 Å². The smallest absolute Gasteiger partial charge is 0.230 e. The number of halogens is 2. The van der Waals surface area contributed by atoms with Crippen molar-refractivity contribution in [3.05, 3.63) is 29.0 Å². The molecule has 0 aromatic heterocycles. The van der Waals surface area contributed by atoms with Crippen LogP contribution in [0.2, 0.25) is 5.02 Å². The Morgan fingerprint density at radius 3 is 2.90 bits per heavy atom. The van der Waals surface area contributed by atoms with E-state index in [4.69, 9.17) is 11.6 Å². The highest BCUT2D eigenvalue weighted by molar-refractivity contribution is 6.33. The second-order valence-corrected chi connectivity index (χ2v) is 6.25. The number of carbonyl (C=O) groups excluding carboxylic acids is 1. The fraction of sp³-hybridized carbons (Fsp3) is 0.533. The molecule has 5 heteroatoms. The molecule has 0 radical (unpaired) electrons. The molecule has 3 nitrogen and oxygen atoms in total. The Balaban J connectivity index is 2.11. The van der Waals surface area contributed by atoms with E-state index in [9.17, 15) is 9.18 Å². The van der Waals surface area contributed by atoms with Gasteiger partial charge in [0.25, 0.3) is 0 Å². The molecule has 0 saturated carbocycles. The maximum Gasteiger partial charge on any atom is 0.230 e. The number of nitrogens with one attached hydrogen (secondary N) is 2. The Labute approximate surface area is 123 Å². The molecule has 2 N–H and O–H groups in total. The highest BCUT2D eigenvalue weighted by Crippen LogP contribution is 2.34. The molecule has 110 valence electrons. The van der Waals surface area contributed by atoms with E-state index in [-0.39, 0.29) is 11.8 Å². The summed E-state index contributed by atoms with van der Waals surface area (Å²) in [4.78, 5) is 12.5. The van der Waals surface area contributed by atoms with E-state index in [2.05, 4.69) is 10.6 Å². The van der Waals surface area contributed by atoms with Gasteiger partial charge in [-0.1, -0.05) is 25.4 Å². The molecule has 1 aliphatic rings. The van der Waals surface area contributed by atoms with Crippen LogP contribution in [0.1, 0.15) is 26.7 Å². The van der Waals surface area contributed by atoms with Crippen LogP contribution in [0.3, 0.4) is 0 Å². The molecule has 0 spiro atoms. The number of benzene rings is 1. The van der Waals surface area contributed by atoms with Crippen LogP contribution < -0.4 is 10.6 Å². The number of hydrogen-bond donors (Lipinski definition) is 2. The molecule has 2 rings (SSSR count). The maximum atomic E-state index is 13.2. The fourth-order valence-electron chi connectivity index (χ4n) is 2.53. The maximum absolute atomic E-state index is 13.2. The standard InChI is InChI=1S/C15H20ClFN2O/c1-15(2,10-4-3-7-18-9-10)14(20)19-13-8-11(17)5-6-12(13)16/h5-6,8,10,18H,3-4,7,9H2,1-2H3,(H,19,20). The van der Waals surface area contributed by atoms with Gasteiger partial charge in [-0.15, -0.1) is 0 Å². The van der Waals surface area contributed by atoms with E-state index < -0.39 is 11.2 Å². The third kappa shape index (κ3) is 3.30. The molecule has 0 bridgehead atoms. The minimum atomic E-state index is -0.525. The Hall–Kier alpha value is -1.13. The summed E-state index contributed by atoms with van der Waals surface area (Å²) >= 11 is 5.98. The van der Waals surface area contributed by atoms with Gasteiger partial charge >= 0.3 is 0 Å². The second-order valence-electron chi connectivity index (χ2n) is 5.84. The number of anilines is 1. The topological polar surface area (TPSA) is 41.1 Å². The average Bonchev–Trinajstić information content (AvgIpc) is 2.43. The van der Waals surface area contributed by atoms with E-state index in [1.165, 1.54) is 18.2 Å². The number of carbonyl (C=O) groups is 1. The molecule has 1 saturated heterocycles. The van der Waals surface area contributed by atoms with Gasteiger partial charge in [0.2, 0.25) is 5.91 Å². The van der Waals surface area contributed by atoms with Gasteiger partial charge < -0.3 is 10.6 Å². The third-order valence-corrected chi connectivity index (χ3v) is 4.41. The molecular formula is C15H20ClFN2O. The minimum Gasteiger partial charge on any atom is -0.324 e.